The Morgan fingerprint density at radius 2 is 1.83 bits per heavy atom. The van der Waals surface area contributed by atoms with Crippen molar-refractivity contribution in [2.45, 2.75) is 33.2 Å². The summed E-state index contributed by atoms with van der Waals surface area (Å²) in [4.78, 5) is 37.3. The highest BCUT2D eigenvalue weighted by Crippen LogP contribution is 2.34. The molecule has 0 atom stereocenters. The number of rotatable bonds is 6. The van der Waals surface area contributed by atoms with Gasteiger partial charge in [0.2, 0.25) is 11.9 Å². The van der Waals surface area contributed by atoms with Crippen LogP contribution in [0.4, 0.5) is 5.95 Å². The lowest BCUT2D eigenvalue weighted by atomic mass is 9.80. The van der Waals surface area contributed by atoms with E-state index in [2.05, 4.69) is 24.8 Å². The first-order valence-electron chi connectivity index (χ1n) is 12.3. The van der Waals surface area contributed by atoms with Gasteiger partial charge >= 0.3 is 0 Å². The summed E-state index contributed by atoms with van der Waals surface area (Å²) in [6.07, 6.45) is 4.60. The van der Waals surface area contributed by atoms with Crippen molar-refractivity contribution >= 4 is 34.1 Å². The molecule has 192 valence electrons. The number of aliphatic hydroxyl groups excluding tert-OH is 2. The number of anilines is 1. The van der Waals surface area contributed by atoms with E-state index in [-0.39, 0.29) is 25.7 Å². The summed E-state index contributed by atoms with van der Waals surface area (Å²) in [7, 11) is 3.47. The van der Waals surface area contributed by atoms with Crippen molar-refractivity contribution in [2.24, 2.45) is 5.41 Å². The van der Waals surface area contributed by atoms with Gasteiger partial charge in [0.1, 0.15) is 17.8 Å². The number of aliphatic hydroxyl groups is 2. The van der Waals surface area contributed by atoms with Crippen LogP contribution in [0.3, 0.4) is 0 Å². The Balaban J connectivity index is 0.00000148. The number of piperidine rings is 1. The predicted octanol–water partition coefficient (Wildman–Crippen LogP) is 2.06. The highest BCUT2D eigenvalue weighted by atomic mass is 16.3. The van der Waals surface area contributed by atoms with Crippen LogP contribution < -0.4 is 4.90 Å². The van der Waals surface area contributed by atoms with Gasteiger partial charge in [-0.2, -0.15) is 4.98 Å². The zero-order valence-corrected chi connectivity index (χ0v) is 21.3. The van der Waals surface area contributed by atoms with E-state index in [1.807, 2.05) is 36.6 Å². The maximum Gasteiger partial charge on any atom is 0.242 e. The van der Waals surface area contributed by atoms with Crippen molar-refractivity contribution in [1.29, 1.82) is 0 Å². The van der Waals surface area contributed by atoms with Crippen molar-refractivity contribution in [2.75, 3.05) is 45.3 Å². The minimum Gasteiger partial charge on any atom is -0.396 e. The van der Waals surface area contributed by atoms with E-state index in [1.54, 1.807) is 31.6 Å². The number of H-pyrrole nitrogens is 1. The number of nitrogens with zero attached hydrogens (tertiary/aromatic N) is 7. The van der Waals surface area contributed by atoms with E-state index in [9.17, 15) is 15.0 Å². The van der Waals surface area contributed by atoms with Crippen LogP contribution in [0.15, 0.2) is 30.9 Å². The molecule has 1 saturated heterocycles. The number of carbonyl (C=O) groups excluding carboxylic acids is 1. The monoisotopic (exact) mass is 494 g/mol. The molecule has 0 bridgehead atoms. The van der Waals surface area contributed by atoms with E-state index in [4.69, 9.17) is 4.98 Å². The average Bonchev–Trinajstić information content (AvgIpc) is 3.56. The van der Waals surface area contributed by atoms with Crippen LogP contribution in [0.5, 0.6) is 0 Å². The third-order valence-corrected chi connectivity index (χ3v) is 6.75. The van der Waals surface area contributed by atoms with Crippen LogP contribution in [0.2, 0.25) is 0 Å². The molecule has 0 unspecified atom stereocenters. The summed E-state index contributed by atoms with van der Waals surface area (Å²) >= 11 is 0. The summed E-state index contributed by atoms with van der Waals surface area (Å²) in [5.41, 5.74) is 4.09. The van der Waals surface area contributed by atoms with E-state index in [0.717, 1.165) is 27.8 Å². The SMILES string of the molecule is CC.CN(C)C(=O)Cn1cnc2cc(-c3nc(N4CCC(CO)(CO)CC4)nc4nc[nH]c34)ccc21. The number of nitrogens with one attached hydrogen (secondary N) is 1. The number of hydrogen-bond acceptors (Lipinski definition) is 8. The van der Waals surface area contributed by atoms with Crippen LogP contribution in [0, 0.1) is 5.41 Å². The van der Waals surface area contributed by atoms with Crippen molar-refractivity contribution < 1.29 is 15.0 Å². The molecule has 1 aliphatic rings. The smallest absolute Gasteiger partial charge is 0.242 e. The molecule has 1 fully saturated rings. The first-order valence-corrected chi connectivity index (χ1v) is 12.3. The number of carbonyl (C=O) groups is 1. The van der Waals surface area contributed by atoms with Crippen molar-refractivity contribution in [3.05, 3.63) is 30.9 Å². The third-order valence-electron chi connectivity index (χ3n) is 6.75. The molecule has 4 aromatic rings. The van der Waals surface area contributed by atoms with Crippen molar-refractivity contribution in [3.63, 3.8) is 0 Å². The molecule has 0 saturated carbocycles. The summed E-state index contributed by atoms with van der Waals surface area (Å²) in [6.45, 7) is 5.44. The second kappa shape index (κ2) is 10.6. The minimum absolute atomic E-state index is 0.00377. The number of benzene rings is 1. The molecular weight excluding hydrogens is 460 g/mol. The number of fused-ring (bicyclic) bond motifs is 2. The second-order valence-electron chi connectivity index (χ2n) is 9.14. The Bertz CT molecular complexity index is 1330. The van der Waals surface area contributed by atoms with Gasteiger partial charge in [0.25, 0.3) is 0 Å². The van der Waals surface area contributed by atoms with E-state index < -0.39 is 5.41 Å². The highest BCUT2D eigenvalue weighted by molar-refractivity contribution is 5.91. The molecule has 4 heterocycles. The van der Waals surface area contributed by atoms with Crippen LogP contribution in [-0.2, 0) is 11.3 Å². The number of imidazole rings is 2. The molecule has 5 rings (SSSR count). The fourth-order valence-corrected chi connectivity index (χ4v) is 4.34. The first-order chi connectivity index (χ1) is 17.4. The van der Waals surface area contributed by atoms with Gasteiger partial charge in [-0.3, -0.25) is 4.79 Å². The Hall–Kier alpha value is -3.57. The lowest BCUT2D eigenvalue weighted by Crippen LogP contribution is -2.44. The molecule has 1 amide bonds. The largest absolute Gasteiger partial charge is 0.396 e. The zero-order chi connectivity index (χ0) is 25.9. The molecule has 0 radical (unpaired) electrons. The Morgan fingerprint density at radius 3 is 2.50 bits per heavy atom. The lowest BCUT2D eigenvalue weighted by molar-refractivity contribution is -0.129. The highest BCUT2D eigenvalue weighted by Gasteiger charge is 2.34. The molecule has 1 aliphatic heterocycles. The quantitative estimate of drug-likeness (QED) is 0.371. The molecular formula is C25H34N8O3. The van der Waals surface area contributed by atoms with Gasteiger partial charge in [0, 0.05) is 38.2 Å². The van der Waals surface area contributed by atoms with Gasteiger partial charge in [-0.25, -0.2) is 15.0 Å². The van der Waals surface area contributed by atoms with Gasteiger partial charge in [-0.1, -0.05) is 19.9 Å². The van der Waals surface area contributed by atoms with Crippen molar-refractivity contribution in [3.8, 4) is 11.3 Å². The Morgan fingerprint density at radius 1 is 1.11 bits per heavy atom. The number of aromatic nitrogens is 6. The van der Waals surface area contributed by atoms with Crippen LogP contribution in [-0.4, -0.2) is 90.9 Å². The second-order valence-corrected chi connectivity index (χ2v) is 9.14. The maximum absolute atomic E-state index is 12.1. The number of amides is 1. The maximum atomic E-state index is 12.1. The zero-order valence-electron chi connectivity index (χ0n) is 21.3. The normalized spacial score (nSPS) is 15.1. The van der Waals surface area contributed by atoms with Gasteiger partial charge in [0.15, 0.2) is 5.65 Å². The molecule has 0 aliphatic carbocycles. The van der Waals surface area contributed by atoms with Crippen molar-refractivity contribution in [1.82, 2.24) is 34.4 Å². The molecule has 3 N–H and O–H groups in total. The van der Waals surface area contributed by atoms with E-state index >= 15 is 0 Å². The topological polar surface area (TPSA) is 136 Å². The molecule has 11 heteroatoms. The summed E-state index contributed by atoms with van der Waals surface area (Å²) < 4.78 is 1.83. The molecule has 0 spiro atoms. The fraction of sp³-hybridized carbons (Fsp3) is 0.480. The molecule has 3 aromatic heterocycles. The van der Waals surface area contributed by atoms with Crippen LogP contribution in [0.1, 0.15) is 26.7 Å². The lowest BCUT2D eigenvalue weighted by Gasteiger charge is -2.39. The van der Waals surface area contributed by atoms with Gasteiger partial charge in [-0.05, 0) is 25.0 Å². The third kappa shape index (κ3) is 4.76. The van der Waals surface area contributed by atoms with Gasteiger partial charge in [0.05, 0.1) is 36.9 Å². The Labute approximate surface area is 209 Å². The molecule has 36 heavy (non-hydrogen) atoms. The van der Waals surface area contributed by atoms with Gasteiger partial charge in [-0.15, -0.1) is 0 Å². The Kier molecular flexibility index (Phi) is 7.51. The fourth-order valence-electron chi connectivity index (χ4n) is 4.34. The number of likely N-dealkylation sites (N-methyl/N-ethyl adjacent to an activating group) is 1. The standard InChI is InChI=1S/C23H28N8O3.C2H6/c1-29(2)18(34)10-31-14-26-16-9-15(3-4-17(16)31)19-20-21(25-13-24-20)28-22(27-19)30-7-5-23(11-32,12-33)6-8-30;1-2/h3-4,9,13-14,32-33H,5-8,10-12H2,1-2H3,(H,24,25,27,28);1-2H3. The summed E-state index contributed by atoms with van der Waals surface area (Å²) in [5.74, 6) is 0.567. The van der Waals surface area contributed by atoms with E-state index in [0.29, 0.717) is 37.5 Å². The average molecular weight is 495 g/mol. The number of hydrogen-bond donors (Lipinski definition) is 3. The summed E-state index contributed by atoms with van der Waals surface area (Å²) in [6, 6.07) is 5.87. The number of aromatic amines is 1. The predicted molar refractivity (Wildman–Crippen MR) is 139 cm³/mol. The van der Waals surface area contributed by atoms with Crippen LogP contribution >= 0.6 is 0 Å². The molecule has 1 aromatic carbocycles. The van der Waals surface area contributed by atoms with Gasteiger partial charge < -0.3 is 29.6 Å². The first kappa shape index (κ1) is 25.5. The minimum atomic E-state index is -0.451. The van der Waals surface area contributed by atoms with Crippen LogP contribution in [0.25, 0.3) is 33.5 Å². The van der Waals surface area contributed by atoms with E-state index in [1.165, 1.54) is 0 Å². The summed E-state index contributed by atoms with van der Waals surface area (Å²) in [5, 5.41) is 19.4. The molecule has 11 nitrogen and oxygen atoms in total.